The molecule has 0 fully saturated rings. The molecule has 0 aliphatic rings. The molecule has 2 rings (SSSR count). The van der Waals surface area contributed by atoms with E-state index in [1.54, 1.807) is 31.4 Å². The van der Waals surface area contributed by atoms with Crippen molar-refractivity contribution in [2.75, 3.05) is 19.5 Å². The summed E-state index contributed by atoms with van der Waals surface area (Å²) < 4.78 is 10.2. The van der Waals surface area contributed by atoms with Gasteiger partial charge in [-0.2, -0.15) is 5.26 Å². The van der Waals surface area contributed by atoms with E-state index in [2.05, 4.69) is 10.6 Å². The van der Waals surface area contributed by atoms with Crippen LogP contribution in [0.1, 0.15) is 5.56 Å². The predicted octanol–water partition coefficient (Wildman–Crippen LogP) is 2.75. The summed E-state index contributed by atoms with van der Waals surface area (Å²) in [7, 11) is 2.93. The van der Waals surface area contributed by atoms with E-state index in [1.165, 1.54) is 31.5 Å². The summed E-state index contributed by atoms with van der Waals surface area (Å²) in [5.41, 5.74) is 0.929. The van der Waals surface area contributed by atoms with Crippen molar-refractivity contribution in [3.8, 4) is 17.6 Å². The molecule has 2 aromatic rings. The van der Waals surface area contributed by atoms with Gasteiger partial charge < -0.3 is 20.1 Å². The third-order valence-electron chi connectivity index (χ3n) is 3.75. The number of rotatable bonds is 8. The molecule has 0 saturated heterocycles. The van der Waals surface area contributed by atoms with Gasteiger partial charge in [-0.3, -0.25) is 14.9 Å². The zero-order valence-electron chi connectivity index (χ0n) is 15.3. The van der Waals surface area contributed by atoms with E-state index in [0.717, 1.165) is 5.56 Å². The van der Waals surface area contributed by atoms with Crippen LogP contribution in [0.5, 0.6) is 11.5 Å². The van der Waals surface area contributed by atoms with Crippen LogP contribution in [-0.4, -0.2) is 25.1 Å². The summed E-state index contributed by atoms with van der Waals surface area (Å²) in [6.45, 7) is 0.239. The second-order valence-corrected chi connectivity index (χ2v) is 5.49. The van der Waals surface area contributed by atoms with Gasteiger partial charge in [0.25, 0.3) is 11.6 Å². The highest BCUT2D eigenvalue weighted by atomic mass is 16.6. The first-order chi connectivity index (χ1) is 13.5. The van der Waals surface area contributed by atoms with Gasteiger partial charge in [-0.15, -0.1) is 0 Å². The number of nitro benzene ring substituents is 1. The van der Waals surface area contributed by atoms with Gasteiger partial charge in [-0.1, -0.05) is 12.1 Å². The number of methoxy groups -OCH3 is 2. The first-order valence-corrected chi connectivity index (χ1v) is 8.09. The quantitative estimate of drug-likeness (QED) is 0.311. The normalized spacial score (nSPS) is 10.5. The summed E-state index contributed by atoms with van der Waals surface area (Å²) in [4.78, 5) is 22.5. The monoisotopic (exact) mass is 382 g/mol. The van der Waals surface area contributed by atoms with E-state index in [4.69, 9.17) is 9.47 Å². The van der Waals surface area contributed by atoms with E-state index in [1.807, 2.05) is 6.07 Å². The number of hydrogen-bond donors (Lipinski definition) is 2. The van der Waals surface area contributed by atoms with Gasteiger partial charge in [0, 0.05) is 18.8 Å². The average Bonchev–Trinajstić information content (AvgIpc) is 2.72. The van der Waals surface area contributed by atoms with Gasteiger partial charge in [-0.25, -0.2) is 0 Å². The molecule has 1 amide bonds. The zero-order chi connectivity index (χ0) is 20.5. The molecule has 0 bridgehead atoms. The van der Waals surface area contributed by atoms with E-state index < -0.39 is 10.8 Å². The Morgan fingerprint density at radius 1 is 1.21 bits per heavy atom. The molecule has 0 saturated carbocycles. The van der Waals surface area contributed by atoms with Crippen molar-refractivity contribution in [1.82, 2.24) is 5.32 Å². The van der Waals surface area contributed by atoms with Crippen LogP contribution in [-0.2, 0) is 11.3 Å². The Hall–Kier alpha value is -4.06. The SMILES string of the molecule is COc1ccc(CNC(=O)/C(C#N)=C\Nc2ccc([N+](=O)[O-])cc2OC)cc1. The van der Waals surface area contributed by atoms with Crippen molar-refractivity contribution in [2.24, 2.45) is 0 Å². The van der Waals surface area contributed by atoms with Crippen molar-refractivity contribution in [3.63, 3.8) is 0 Å². The lowest BCUT2D eigenvalue weighted by Gasteiger charge is -2.09. The molecule has 0 aliphatic heterocycles. The zero-order valence-corrected chi connectivity index (χ0v) is 15.3. The van der Waals surface area contributed by atoms with Gasteiger partial charge in [0.15, 0.2) is 0 Å². The Kier molecular flexibility index (Phi) is 6.93. The molecule has 9 nitrogen and oxygen atoms in total. The van der Waals surface area contributed by atoms with Gasteiger partial charge in [0.05, 0.1) is 30.9 Å². The molecule has 2 N–H and O–H groups in total. The Morgan fingerprint density at radius 2 is 1.93 bits per heavy atom. The van der Waals surface area contributed by atoms with Gasteiger partial charge in [0.2, 0.25) is 0 Å². The van der Waals surface area contributed by atoms with Crippen molar-refractivity contribution in [2.45, 2.75) is 6.54 Å². The number of hydrogen-bond acceptors (Lipinski definition) is 7. The number of carbonyl (C=O) groups excluding carboxylic acids is 1. The average molecular weight is 382 g/mol. The minimum atomic E-state index is -0.563. The molecule has 0 atom stereocenters. The standard InChI is InChI=1S/C19H18N4O5/c1-27-16-6-3-13(4-7-16)11-22-19(24)14(10-20)12-21-17-8-5-15(23(25)26)9-18(17)28-2/h3-9,12,21H,11H2,1-2H3,(H,22,24)/b14-12-. The minimum absolute atomic E-state index is 0.135. The van der Waals surface area contributed by atoms with Crippen molar-refractivity contribution in [1.29, 1.82) is 5.26 Å². The second kappa shape index (κ2) is 9.59. The third-order valence-corrected chi connectivity index (χ3v) is 3.75. The van der Waals surface area contributed by atoms with Crippen molar-refractivity contribution in [3.05, 3.63) is 69.9 Å². The van der Waals surface area contributed by atoms with Crippen LogP contribution in [0.15, 0.2) is 54.2 Å². The topological polar surface area (TPSA) is 127 Å². The number of nitrogens with one attached hydrogen (secondary N) is 2. The minimum Gasteiger partial charge on any atom is -0.497 e. The molecule has 0 spiro atoms. The molecule has 144 valence electrons. The van der Waals surface area contributed by atoms with Gasteiger partial charge in [-0.05, 0) is 23.8 Å². The molecular weight excluding hydrogens is 364 g/mol. The molecule has 0 unspecified atom stereocenters. The Bertz CT molecular complexity index is 932. The number of nitriles is 1. The summed E-state index contributed by atoms with van der Waals surface area (Å²) >= 11 is 0. The lowest BCUT2D eigenvalue weighted by atomic mass is 10.2. The van der Waals surface area contributed by atoms with Crippen LogP contribution in [0.25, 0.3) is 0 Å². The maximum Gasteiger partial charge on any atom is 0.273 e. The molecule has 0 aliphatic carbocycles. The smallest absolute Gasteiger partial charge is 0.273 e. The number of carbonyl (C=O) groups is 1. The highest BCUT2D eigenvalue weighted by molar-refractivity contribution is 5.97. The first kappa shape index (κ1) is 20.3. The van der Waals surface area contributed by atoms with Crippen LogP contribution < -0.4 is 20.1 Å². The Labute approximate surface area is 161 Å². The predicted molar refractivity (Wildman–Crippen MR) is 102 cm³/mol. The Morgan fingerprint density at radius 3 is 2.50 bits per heavy atom. The Balaban J connectivity index is 2.05. The van der Waals surface area contributed by atoms with E-state index in [0.29, 0.717) is 11.4 Å². The van der Waals surface area contributed by atoms with E-state index in [-0.39, 0.29) is 23.6 Å². The molecule has 0 aromatic heterocycles. The number of benzene rings is 2. The lowest BCUT2D eigenvalue weighted by molar-refractivity contribution is -0.384. The molecule has 9 heteroatoms. The lowest BCUT2D eigenvalue weighted by Crippen LogP contribution is -2.24. The van der Waals surface area contributed by atoms with E-state index >= 15 is 0 Å². The fourth-order valence-electron chi connectivity index (χ4n) is 2.23. The summed E-state index contributed by atoms with van der Waals surface area (Å²) in [6.07, 6.45) is 1.22. The largest absolute Gasteiger partial charge is 0.497 e. The van der Waals surface area contributed by atoms with Crippen LogP contribution in [0.4, 0.5) is 11.4 Å². The number of nitro groups is 1. The van der Waals surface area contributed by atoms with Crippen LogP contribution in [0.2, 0.25) is 0 Å². The maximum absolute atomic E-state index is 12.2. The molecule has 0 heterocycles. The van der Waals surface area contributed by atoms with E-state index in [9.17, 15) is 20.2 Å². The summed E-state index contributed by atoms with van der Waals surface area (Å²) in [5, 5.41) is 25.5. The third kappa shape index (κ3) is 5.22. The number of ether oxygens (including phenoxy) is 2. The number of anilines is 1. The molecular formula is C19H18N4O5. The highest BCUT2D eigenvalue weighted by Gasteiger charge is 2.12. The van der Waals surface area contributed by atoms with Crippen molar-refractivity contribution < 1.29 is 19.2 Å². The summed E-state index contributed by atoms with van der Waals surface area (Å²) in [5.74, 6) is 0.349. The number of nitrogens with zero attached hydrogens (tertiary/aromatic N) is 2. The van der Waals surface area contributed by atoms with Crippen LogP contribution >= 0.6 is 0 Å². The van der Waals surface area contributed by atoms with Crippen LogP contribution in [0.3, 0.4) is 0 Å². The first-order valence-electron chi connectivity index (χ1n) is 8.09. The fraction of sp³-hybridized carbons (Fsp3) is 0.158. The van der Waals surface area contributed by atoms with Gasteiger partial charge in [0.1, 0.15) is 23.1 Å². The maximum atomic E-state index is 12.2. The van der Waals surface area contributed by atoms with Crippen molar-refractivity contribution >= 4 is 17.3 Å². The molecule has 2 aromatic carbocycles. The fourth-order valence-corrected chi connectivity index (χ4v) is 2.23. The van der Waals surface area contributed by atoms with Gasteiger partial charge >= 0.3 is 0 Å². The highest BCUT2D eigenvalue weighted by Crippen LogP contribution is 2.29. The van der Waals surface area contributed by atoms with Crippen LogP contribution in [0, 0.1) is 21.4 Å². The number of non-ortho nitro benzene ring substituents is 1. The summed E-state index contributed by atoms with van der Waals surface area (Å²) in [6, 6.07) is 12.9. The molecule has 28 heavy (non-hydrogen) atoms. The molecule has 0 radical (unpaired) electrons. The second-order valence-electron chi connectivity index (χ2n) is 5.49. The number of amides is 1.